The van der Waals surface area contributed by atoms with Gasteiger partial charge in [0.1, 0.15) is 0 Å². The predicted octanol–water partition coefficient (Wildman–Crippen LogP) is 11.3. The van der Waals surface area contributed by atoms with Crippen molar-refractivity contribution in [2.45, 2.75) is 32.9 Å². The fourth-order valence-corrected chi connectivity index (χ4v) is 8.36. The third kappa shape index (κ3) is 3.97. The average Bonchev–Trinajstić information content (AvgIpc) is 3.64. The molecule has 0 radical (unpaired) electrons. The number of benzene rings is 7. The third-order valence-corrected chi connectivity index (χ3v) is 10.3. The van der Waals surface area contributed by atoms with Gasteiger partial charge in [-0.15, -0.1) is 0 Å². The van der Waals surface area contributed by atoms with Crippen molar-refractivity contribution in [1.82, 2.24) is 9.13 Å². The number of rotatable bonds is 6. The molecular formula is C43H33N3O2. The molecule has 5 nitrogen and oxygen atoms in total. The van der Waals surface area contributed by atoms with Crippen molar-refractivity contribution in [3.8, 4) is 0 Å². The lowest BCUT2D eigenvalue weighted by molar-refractivity contribution is -0.384. The second-order valence-electron chi connectivity index (χ2n) is 12.6. The molecule has 0 N–H and O–H groups in total. The molecule has 48 heavy (non-hydrogen) atoms. The van der Waals surface area contributed by atoms with E-state index in [1.807, 2.05) is 6.07 Å². The second-order valence-corrected chi connectivity index (χ2v) is 12.6. The molecule has 2 aromatic heterocycles. The number of nitro groups is 1. The SMILES string of the molecule is CCn1c2ccccc2c2cc(C(c3cccc([N+](=O)[O-])c3)c3cc4c5ccccc5n(CC)c4c4ccccc34)c3ccccc3c21. The Morgan fingerprint density at radius 3 is 1.42 bits per heavy atom. The molecule has 2 heterocycles. The van der Waals surface area contributed by atoms with Gasteiger partial charge in [-0.05, 0) is 65.6 Å². The van der Waals surface area contributed by atoms with E-state index in [2.05, 4.69) is 138 Å². The van der Waals surface area contributed by atoms with Crippen LogP contribution in [0.15, 0.2) is 133 Å². The molecule has 0 saturated heterocycles. The van der Waals surface area contributed by atoms with Gasteiger partial charge < -0.3 is 9.13 Å². The lowest BCUT2D eigenvalue weighted by atomic mass is 9.79. The molecule has 0 unspecified atom stereocenters. The number of nitro benzene ring substituents is 1. The number of para-hydroxylation sites is 2. The monoisotopic (exact) mass is 623 g/mol. The Kier molecular flexibility index (Phi) is 6.37. The van der Waals surface area contributed by atoms with Crippen LogP contribution in [-0.4, -0.2) is 14.1 Å². The van der Waals surface area contributed by atoms with Crippen molar-refractivity contribution >= 4 is 70.8 Å². The van der Waals surface area contributed by atoms with E-state index in [1.54, 1.807) is 12.1 Å². The lowest BCUT2D eigenvalue weighted by Gasteiger charge is -2.24. The van der Waals surface area contributed by atoms with Crippen molar-refractivity contribution in [2.75, 3.05) is 0 Å². The third-order valence-electron chi connectivity index (χ3n) is 10.3. The molecule has 0 aliphatic carbocycles. The van der Waals surface area contributed by atoms with E-state index in [1.165, 1.54) is 54.4 Å². The first-order chi connectivity index (χ1) is 23.6. The summed E-state index contributed by atoms with van der Waals surface area (Å²) in [6.45, 7) is 6.11. The van der Waals surface area contributed by atoms with Crippen LogP contribution < -0.4 is 0 Å². The summed E-state index contributed by atoms with van der Waals surface area (Å²) in [5.74, 6) is -0.277. The number of aryl methyl sites for hydroxylation is 2. The summed E-state index contributed by atoms with van der Waals surface area (Å²) in [6, 6.07) is 46.6. The van der Waals surface area contributed by atoms with Crippen LogP contribution in [0.1, 0.15) is 36.5 Å². The van der Waals surface area contributed by atoms with Crippen molar-refractivity contribution in [1.29, 1.82) is 0 Å². The van der Waals surface area contributed by atoms with Gasteiger partial charge in [-0.25, -0.2) is 0 Å². The molecule has 5 heteroatoms. The number of hydrogen-bond acceptors (Lipinski definition) is 2. The van der Waals surface area contributed by atoms with Crippen LogP contribution >= 0.6 is 0 Å². The lowest BCUT2D eigenvalue weighted by Crippen LogP contribution is -2.07. The van der Waals surface area contributed by atoms with Gasteiger partial charge in [-0.3, -0.25) is 10.1 Å². The van der Waals surface area contributed by atoms with Crippen LogP contribution in [0.2, 0.25) is 0 Å². The molecule has 9 rings (SSSR count). The molecule has 7 aromatic carbocycles. The minimum atomic E-state index is -0.285. The molecule has 0 bridgehead atoms. The topological polar surface area (TPSA) is 53.0 Å². The van der Waals surface area contributed by atoms with E-state index in [0.29, 0.717) is 0 Å². The highest BCUT2D eigenvalue weighted by Gasteiger charge is 2.27. The zero-order chi connectivity index (χ0) is 32.5. The number of aromatic nitrogens is 2. The van der Waals surface area contributed by atoms with Gasteiger partial charge in [-0.2, -0.15) is 0 Å². The maximum Gasteiger partial charge on any atom is 0.269 e. The van der Waals surface area contributed by atoms with Crippen LogP contribution in [0, 0.1) is 10.1 Å². The largest absolute Gasteiger partial charge is 0.340 e. The number of fused-ring (bicyclic) bond motifs is 10. The molecule has 0 spiro atoms. The van der Waals surface area contributed by atoms with Crippen molar-refractivity contribution in [2.24, 2.45) is 0 Å². The Morgan fingerprint density at radius 1 is 0.521 bits per heavy atom. The van der Waals surface area contributed by atoms with E-state index < -0.39 is 0 Å². The molecular weight excluding hydrogens is 590 g/mol. The van der Waals surface area contributed by atoms with Gasteiger partial charge >= 0.3 is 0 Å². The quantitative estimate of drug-likeness (QED) is 0.105. The molecule has 232 valence electrons. The average molecular weight is 624 g/mol. The van der Waals surface area contributed by atoms with Crippen molar-refractivity contribution in [3.05, 3.63) is 160 Å². The Bertz CT molecular complexity index is 2590. The summed E-state index contributed by atoms with van der Waals surface area (Å²) in [4.78, 5) is 11.9. The highest BCUT2D eigenvalue weighted by atomic mass is 16.6. The Hall–Kier alpha value is -5.94. The molecule has 0 amide bonds. The highest BCUT2D eigenvalue weighted by molar-refractivity contribution is 6.20. The van der Waals surface area contributed by atoms with Gasteiger partial charge in [0, 0.05) is 74.5 Å². The van der Waals surface area contributed by atoms with Gasteiger partial charge in [0.15, 0.2) is 0 Å². The summed E-state index contributed by atoms with van der Waals surface area (Å²) in [5.41, 5.74) is 8.15. The summed E-state index contributed by atoms with van der Waals surface area (Å²) >= 11 is 0. The molecule has 0 aliphatic rings. The first-order valence-electron chi connectivity index (χ1n) is 16.7. The van der Waals surface area contributed by atoms with Crippen LogP contribution in [-0.2, 0) is 13.1 Å². The fourth-order valence-electron chi connectivity index (χ4n) is 8.36. The smallest absolute Gasteiger partial charge is 0.269 e. The van der Waals surface area contributed by atoms with E-state index in [-0.39, 0.29) is 16.5 Å². The van der Waals surface area contributed by atoms with Crippen LogP contribution in [0.25, 0.3) is 65.2 Å². The summed E-state index contributed by atoms with van der Waals surface area (Å²) < 4.78 is 4.83. The Morgan fingerprint density at radius 2 is 0.958 bits per heavy atom. The maximum absolute atomic E-state index is 12.2. The first-order valence-corrected chi connectivity index (χ1v) is 16.7. The molecule has 9 aromatic rings. The highest BCUT2D eigenvalue weighted by Crippen LogP contribution is 2.46. The van der Waals surface area contributed by atoms with Crippen molar-refractivity contribution < 1.29 is 4.92 Å². The normalized spacial score (nSPS) is 12.1. The maximum atomic E-state index is 12.2. The van der Waals surface area contributed by atoms with Gasteiger partial charge in [0.05, 0.1) is 16.0 Å². The Balaban J connectivity index is 1.48. The van der Waals surface area contributed by atoms with E-state index in [4.69, 9.17) is 0 Å². The van der Waals surface area contributed by atoms with Crippen LogP contribution in [0.5, 0.6) is 0 Å². The summed E-state index contributed by atoms with van der Waals surface area (Å²) in [7, 11) is 0. The second kappa shape index (κ2) is 10.8. The molecule has 0 aliphatic heterocycles. The molecule has 0 saturated carbocycles. The van der Waals surface area contributed by atoms with E-state index in [0.717, 1.165) is 40.6 Å². The van der Waals surface area contributed by atoms with Crippen LogP contribution in [0.4, 0.5) is 5.69 Å². The predicted molar refractivity (Wildman–Crippen MR) is 199 cm³/mol. The minimum Gasteiger partial charge on any atom is -0.340 e. The number of hydrogen-bond donors (Lipinski definition) is 0. The Labute approximate surface area is 277 Å². The minimum absolute atomic E-state index is 0.0958. The molecule has 0 atom stereocenters. The number of non-ortho nitro benzene ring substituents is 1. The summed E-state index contributed by atoms with van der Waals surface area (Å²) in [5, 5.41) is 21.7. The van der Waals surface area contributed by atoms with E-state index in [9.17, 15) is 10.1 Å². The standard InChI is InChI=1S/C43H33N3O2/c1-3-44-39-22-11-9-18-31(39)37-25-35(29-16-5-7-20-33(29)42(37)44)41(27-14-13-15-28(24-27)46(47)48)36-26-38-32-19-10-12-23-40(32)45(4-2)43(38)34-21-8-6-17-30(34)36/h5-26,41H,3-4H2,1-2H3. The van der Waals surface area contributed by atoms with E-state index >= 15 is 0 Å². The zero-order valence-electron chi connectivity index (χ0n) is 26.9. The van der Waals surface area contributed by atoms with Crippen LogP contribution in [0.3, 0.4) is 0 Å². The number of nitrogens with zero attached hydrogens (tertiary/aromatic N) is 3. The van der Waals surface area contributed by atoms with Gasteiger partial charge in [-0.1, -0.05) is 97.1 Å². The fraction of sp³-hybridized carbons (Fsp3) is 0.116. The van der Waals surface area contributed by atoms with Gasteiger partial charge in [0.2, 0.25) is 0 Å². The first kappa shape index (κ1) is 28.3. The molecule has 0 fully saturated rings. The zero-order valence-corrected chi connectivity index (χ0v) is 26.9. The van der Waals surface area contributed by atoms with Gasteiger partial charge in [0.25, 0.3) is 5.69 Å². The summed E-state index contributed by atoms with van der Waals surface area (Å²) in [6.07, 6.45) is 0. The van der Waals surface area contributed by atoms with Crippen molar-refractivity contribution in [3.63, 3.8) is 0 Å².